The summed E-state index contributed by atoms with van der Waals surface area (Å²) >= 11 is 2.48. The number of aryl methyl sites for hydroxylation is 1. The van der Waals surface area contributed by atoms with Gasteiger partial charge in [-0.1, -0.05) is 28.7 Å². The molecule has 0 aromatic heterocycles. The summed E-state index contributed by atoms with van der Waals surface area (Å²) in [6.07, 6.45) is 3.66. The fourth-order valence-corrected chi connectivity index (χ4v) is 2.79. The Hall–Kier alpha value is -0.250. The highest BCUT2D eigenvalue weighted by atomic mass is 127. The van der Waals surface area contributed by atoms with Gasteiger partial charge in [-0.15, -0.1) is 0 Å². The summed E-state index contributed by atoms with van der Waals surface area (Å²) < 4.78 is 0.645. The van der Waals surface area contributed by atoms with Crippen molar-refractivity contribution in [2.24, 2.45) is 0 Å². The molecule has 0 amide bonds. The lowest BCUT2D eigenvalue weighted by atomic mass is 9.92. The summed E-state index contributed by atoms with van der Waals surface area (Å²) in [6, 6.07) is 5.75. The van der Waals surface area contributed by atoms with Crippen LogP contribution in [-0.2, 0) is 6.42 Å². The van der Waals surface area contributed by atoms with Crippen molar-refractivity contribution < 1.29 is 5.11 Å². The highest BCUT2D eigenvalue weighted by molar-refractivity contribution is 14.1. The van der Waals surface area contributed by atoms with Crippen LogP contribution in [0.2, 0.25) is 0 Å². The first-order valence-corrected chi connectivity index (χ1v) is 5.48. The van der Waals surface area contributed by atoms with Gasteiger partial charge in [0.05, 0.1) is 0 Å². The Bertz CT molecular complexity index is 296. The molecule has 0 fully saturated rings. The minimum atomic E-state index is 0.402. The Balaban J connectivity index is 2.46. The molecular weight excluding hydrogens is 263 g/mol. The molecule has 1 N–H and O–H groups in total. The van der Waals surface area contributed by atoms with Crippen LogP contribution in [-0.4, -0.2) is 5.11 Å². The third-order valence-electron chi connectivity index (χ3n) is 2.37. The van der Waals surface area contributed by atoms with Crippen molar-refractivity contribution in [2.75, 3.05) is 0 Å². The summed E-state index contributed by atoms with van der Waals surface area (Å²) in [7, 11) is 0. The molecule has 1 aromatic carbocycles. The summed E-state index contributed by atoms with van der Waals surface area (Å²) in [6.45, 7) is 0. The maximum Gasteiger partial charge on any atom is 0.115 e. The predicted octanol–water partition coefficient (Wildman–Crippen LogP) is 3.20. The van der Waals surface area contributed by atoms with Crippen LogP contribution < -0.4 is 0 Å². The molecule has 0 saturated heterocycles. The van der Waals surface area contributed by atoms with Gasteiger partial charge >= 0.3 is 0 Å². The molecule has 0 bridgehead atoms. The smallest absolute Gasteiger partial charge is 0.115 e. The van der Waals surface area contributed by atoms with Crippen molar-refractivity contribution in [3.05, 3.63) is 29.3 Å². The van der Waals surface area contributed by atoms with E-state index in [-0.39, 0.29) is 0 Å². The van der Waals surface area contributed by atoms with E-state index in [2.05, 4.69) is 28.7 Å². The summed E-state index contributed by atoms with van der Waals surface area (Å²) in [5.74, 6) is 0.402. The second kappa shape index (κ2) is 3.24. The SMILES string of the molecule is Oc1ccc2c(c1)CCCC2I. The normalized spacial score (nSPS) is 21.9. The number of alkyl halides is 1. The zero-order chi connectivity index (χ0) is 8.55. The Morgan fingerprint density at radius 2 is 2.25 bits per heavy atom. The average molecular weight is 274 g/mol. The van der Waals surface area contributed by atoms with Gasteiger partial charge < -0.3 is 5.11 Å². The monoisotopic (exact) mass is 274 g/mol. The van der Waals surface area contributed by atoms with Crippen molar-refractivity contribution in [1.82, 2.24) is 0 Å². The van der Waals surface area contributed by atoms with Gasteiger partial charge in [-0.3, -0.25) is 0 Å². The number of rotatable bonds is 0. The minimum absolute atomic E-state index is 0.402. The van der Waals surface area contributed by atoms with E-state index >= 15 is 0 Å². The Kier molecular flexibility index (Phi) is 2.26. The van der Waals surface area contributed by atoms with Crippen LogP contribution in [0.25, 0.3) is 0 Å². The molecule has 0 saturated carbocycles. The Labute approximate surface area is 85.9 Å². The van der Waals surface area contributed by atoms with Crippen LogP contribution in [0, 0.1) is 0 Å². The molecule has 1 aliphatic rings. The number of halogens is 1. The summed E-state index contributed by atoms with van der Waals surface area (Å²) in [5.41, 5.74) is 2.75. The number of benzene rings is 1. The molecule has 0 radical (unpaired) electrons. The van der Waals surface area contributed by atoms with Crippen LogP contribution in [0.1, 0.15) is 27.9 Å². The number of phenolic OH excluding ortho intramolecular Hbond substituents is 1. The Morgan fingerprint density at radius 3 is 3.08 bits per heavy atom. The second-order valence-corrected chi connectivity index (χ2v) is 4.75. The molecule has 2 rings (SSSR count). The molecule has 1 aliphatic carbocycles. The predicted molar refractivity (Wildman–Crippen MR) is 57.8 cm³/mol. The number of fused-ring (bicyclic) bond motifs is 1. The first kappa shape index (κ1) is 8.35. The lowest BCUT2D eigenvalue weighted by Gasteiger charge is -2.20. The lowest BCUT2D eigenvalue weighted by Crippen LogP contribution is -2.03. The molecule has 0 aliphatic heterocycles. The van der Waals surface area contributed by atoms with Crippen LogP contribution in [0.15, 0.2) is 18.2 Å². The zero-order valence-corrected chi connectivity index (χ0v) is 8.91. The van der Waals surface area contributed by atoms with Gasteiger partial charge in [0.1, 0.15) is 5.75 Å². The molecule has 1 nitrogen and oxygen atoms in total. The van der Waals surface area contributed by atoms with E-state index in [1.807, 2.05) is 6.07 Å². The first-order chi connectivity index (χ1) is 5.77. The molecule has 0 spiro atoms. The van der Waals surface area contributed by atoms with Crippen LogP contribution in [0.5, 0.6) is 5.75 Å². The van der Waals surface area contributed by atoms with Crippen LogP contribution in [0.4, 0.5) is 0 Å². The van der Waals surface area contributed by atoms with Crippen molar-refractivity contribution in [1.29, 1.82) is 0 Å². The molecule has 64 valence electrons. The van der Waals surface area contributed by atoms with Gasteiger partial charge in [-0.2, -0.15) is 0 Å². The van der Waals surface area contributed by atoms with E-state index in [1.165, 1.54) is 24.0 Å². The summed E-state index contributed by atoms with van der Waals surface area (Å²) in [5, 5.41) is 9.27. The molecule has 1 aromatic rings. The standard InChI is InChI=1S/C10H11IO/c11-10-3-1-2-7-6-8(12)4-5-9(7)10/h4-6,10,12H,1-3H2. The van der Waals surface area contributed by atoms with Crippen molar-refractivity contribution >= 4 is 22.6 Å². The van der Waals surface area contributed by atoms with Crippen molar-refractivity contribution in [3.8, 4) is 5.75 Å². The van der Waals surface area contributed by atoms with E-state index in [0.29, 0.717) is 9.67 Å². The highest BCUT2D eigenvalue weighted by Gasteiger charge is 2.17. The van der Waals surface area contributed by atoms with Gasteiger partial charge in [0.25, 0.3) is 0 Å². The van der Waals surface area contributed by atoms with E-state index in [9.17, 15) is 5.11 Å². The van der Waals surface area contributed by atoms with Gasteiger partial charge in [0.15, 0.2) is 0 Å². The van der Waals surface area contributed by atoms with Gasteiger partial charge in [-0.25, -0.2) is 0 Å². The van der Waals surface area contributed by atoms with Crippen LogP contribution in [0.3, 0.4) is 0 Å². The van der Waals surface area contributed by atoms with Crippen LogP contribution >= 0.6 is 22.6 Å². The van der Waals surface area contributed by atoms with Crippen molar-refractivity contribution in [3.63, 3.8) is 0 Å². The molecule has 1 unspecified atom stereocenters. The molecular formula is C10H11IO. The minimum Gasteiger partial charge on any atom is -0.508 e. The van der Waals surface area contributed by atoms with Crippen molar-refractivity contribution in [2.45, 2.75) is 23.2 Å². The maximum atomic E-state index is 9.27. The highest BCUT2D eigenvalue weighted by Crippen LogP contribution is 2.37. The largest absolute Gasteiger partial charge is 0.508 e. The van der Waals surface area contributed by atoms with Gasteiger partial charge in [0, 0.05) is 3.92 Å². The number of hydrogen-bond donors (Lipinski definition) is 1. The summed E-state index contributed by atoms with van der Waals surface area (Å²) in [4.78, 5) is 0. The fourth-order valence-electron chi connectivity index (χ4n) is 1.74. The molecule has 2 heteroatoms. The number of phenols is 1. The molecule has 12 heavy (non-hydrogen) atoms. The third-order valence-corrected chi connectivity index (χ3v) is 3.66. The number of aromatic hydroxyl groups is 1. The molecule has 0 heterocycles. The fraction of sp³-hybridized carbons (Fsp3) is 0.400. The zero-order valence-electron chi connectivity index (χ0n) is 6.76. The topological polar surface area (TPSA) is 20.2 Å². The average Bonchev–Trinajstić information content (AvgIpc) is 2.04. The van der Waals surface area contributed by atoms with E-state index in [4.69, 9.17) is 0 Å². The Morgan fingerprint density at radius 1 is 1.42 bits per heavy atom. The second-order valence-electron chi connectivity index (χ2n) is 3.24. The molecule has 1 atom stereocenters. The number of hydrogen-bond acceptors (Lipinski definition) is 1. The first-order valence-electron chi connectivity index (χ1n) is 4.23. The van der Waals surface area contributed by atoms with Gasteiger partial charge in [-0.05, 0) is 42.5 Å². The quantitative estimate of drug-likeness (QED) is 0.569. The van der Waals surface area contributed by atoms with E-state index in [0.717, 1.165) is 6.42 Å². The maximum absolute atomic E-state index is 9.27. The van der Waals surface area contributed by atoms with Gasteiger partial charge in [0.2, 0.25) is 0 Å². The lowest BCUT2D eigenvalue weighted by molar-refractivity contribution is 0.473. The third kappa shape index (κ3) is 1.44. The van der Waals surface area contributed by atoms with E-state index < -0.39 is 0 Å². The van der Waals surface area contributed by atoms with E-state index in [1.54, 1.807) is 6.07 Å².